The minimum atomic E-state index is -1.74. The number of unbranched alkanes of at least 4 members (excludes halogenated alkanes) is 1. The number of carbonyl (C=O) groups excluding carboxylic acids is 1. The van der Waals surface area contributed by atoms with Gasteiger partial charge < -0.3 is 60.6 Å². The third kappa shape index (κ3) is 8.46. The molecule has 3 aliphatic heterocycles. The minimum Gasteiger partial charge on any atom is -0.394 e. The molecular weight excluding hydrogens is 580 g/mol. The van der Waals surface area contributed by atoms with Crippen molar-refractivity contribution in [2.24, 2.45) is 0 Å². The van der Waals surface area contributed by atoms with Crippen LogP contribution in [0.25, 0.3) is 0 Å². The number of hydrogen-bond donors (Lipinski definition) is 9. The summed E-state index contributed by atoms with van der Waals surface area (Å²) in [5, 5.41) is 77.7. The van der Waals surface area contributed by atoms with E-state index in [4.69, 9.17) is 14.2 Å². The third-order valence-electron chi connectivity index (χ3n) is 7.37. The van der Waals surface area contributed by atoms with Gasteiger partial charge >= 0.3 is 0 Å². The lowest BCUT2D eigenvalue weighted by Gasteiger charge is -2.46. The van der Waals surface area contributed by atoms with Gasteiger partial charge in [0.1, 0.15) is 48.8 Å². The summed E-state index contributed by atoms with van der Waals surface area (Å²) >= 11 is 0. The van der Waals surface area contributed by atoms with E-state index in [1.54, 1.807) is 24.3 Å². The minimum absolute atomic E-state index is 0.103. The maximum atomic E-state index is 12.4. The van der Waals surface area contributed by atoms with Gasteiger partial charge in [0.05, 0.1) is 13.2 Å². The molecule has 1 unspecified atom stereocenters. The van der Waals surface area contributed by atoms with E-state index in [0.717, 1.165) is 19.3 Å². The predicted molar refractivity (Wildman–Crippen MR) is 152 cm³/mol. The van der Waals surface area contributed by atoms with Crippen molar-refractivity contribution in [1.82, 2.24) is 0 Å². The number of benzene rings is 1. The zero-order valence-electron chi connectivity index (χ0n) is 22.4. The van der Waals surface area contributed by atoms with Gasteiger partial charge in [-0.1, -0.05) is 34.1 Å². The van der Waals surface area contributed by atoms with Gasteiger partial charge in [0.25, 0.3) is 0 Å². The van der Waals surface area contributed by atoms with Crippen molar-refractivity contribution in [2.75, 3.05) is 29.6 Å². The molecule has 13 nitrogen and oxygen atoms in total. The summed E-state index contributed by atoms with van der Waals surface area (Å²) in [5.74, 6) is 1.09. The Morgan fingerprint density at radius 1 is 0.927 bits per heavy atom. The highest BCUT2D eigenvalue weighted by atomic mass is 33.1. The number of anilines is 2. The van der Waals surface area contributed by atoms with Gasteiger partial charge in [-0.15, -0.1) is 0 Å². The number of hydrogen-bond acceptors (Lipinski definition) is 14. The molecule has 0 bridgehead atoms. The van der Waals surface area contributed by atoms with Crippen LogP contribution < -0.4 is 10.6 Å². The zero-order chi connectivity index (χ0) is 29.5. The first kappa shape index (κ1) is 32.7. The normalized spacial score (nSPS) is 37.6. The number of aliphatic hydroxyl groups is 7. The second-order valence-electron chi connectivity index (χ2n) is 10.4. The first-order valence-corrected chi connectivity index (χ1v) is 16.1. The highest BCUT2D eigenvalue weighted by molar-refractivity contribution is 8.77. The first-order valence-electron chi connectivity index (χ1n) is 13.7. The van der Waals surface area contributed by atoms with E-state index in [-0.39, 0.29) is 5.91 Å². The molecule has 9 N–H and O–H groups in total. The Bertz CT molecular complexity index is 971. The van der Waals surface area contributed by atoms with E-state index in [1.165, 1.54) is 12.2 Å². The Labute approximate surface area is 246 Å². The molecule has 4 rings (SSSR count). The first-order chi connectivity index (χ1) is 19.7. The topological polar surface area (TPSA) is 210 Å². The fraction of sp³-hybridized carbons (Fsp3) is 0.731. The molecule has 232 valence electrons. The zero-order valence-corrected chi connectivity index (χ0v) is 24.0. The van der Waals surface area contributed by atoms with E-state index < -0.39 is 74.6 Å². The molecule has 3 heterocycles. The molecule has 0 radical (unpaired) electrons. The quantitative estimate of drug-likeness (QED) is 0.105. The summed E-state index contributed by atoms with van der Waals surface area (Å²) < 4.78 is 16.7. The molecule has 41 heavy (non-hydrogen) atoms. The van der Waals surface area contributed by atoms with Gasteiger partial charge in [-0.05, 0) is 37.5 Å². The number of nitrogens with one attached hydrogen (secondary N) is 2. The largest absolute Gasteiger partial charge is 0.394 e. The lowest BCUT2D eigenvalue weighted by Crippen LogP contribution is -2.65. The van der Waals surface area contributed by atoms with Crippen LogP contribution in [0.15, 0.2) is 24.3 Å². The smallest absolute Gasteiger partial charge is 0.224 e. The van der Waals surface area contributed by atoms with Crippen molar-refractivity contribution in [3.05, 3.63) is 24.3 Å². The molecule has 11 atom stereocenters. The molecule has 3 fully saturated rings. The average Bonchev–Trinajstić information content (AvgIpc) is 3.49. The number of rotatable bonds is 12. The highest BCUT2D eigenvalue weighted by Crippen LogP contribution is 2.40. The summed E-state index contributed by atoms with van der Waals surface area (Å²) in [5.41, 5.74) is 1.01. The number of carbonyl (C=O) groups is 1. The molecule has 0 aromatic heterocycles. The second kappa shape index (κ2) is 15.5. The number of amides is 1. The summed E-state index contributed by atoms with van der Waals surface area (Å²) in [6.07, 6.45) is -10.3. The van der Waals surface area contributed by atoms with Crippen LogP contribution in [0.1, 0.15) is 32.1 Å². The van der Waals surface area contributed by atoms with Crippen LogP contribution in [-0.4, -0.2) is 127 Å². The molecule has 15 heteroatoms. The molecule has 1 aromatic carbocycles. The predicted octanol–water partition coefficient (Wildman–Crippen LogP) is -0.625. The molecule has 0 aliphatic carbocycles. The molecular formula is C26H40N2O11S2. The van der Waals surface area contributed by atoms with Crippen molar-refractivity contribution in [3.8, 4) is 0 Å². The van der Waals surface area contributed by atoms with E-state index in [9.17, 15) is 40.5 Å². The summed E-state index contributed by atoms with van der Waals surface area (Å²) in [6, 6.07) is 6.76. The van der Waals surface area contributed by atoms with E-state index in [0.29, 0.717) is 23.0 Å². The second-order valence-corrected chi connectivity index (χ2v) is 13.2. The summed E-state index contributed by atoms with van der Waals surface area (Å²) in [4.78, 5) is 12.4. The van der Waals surface area contributed by atoms with Gasteiger partial charge in [0.15, 0.2) is 12.5 Å². The Hall–Kier alpha value is -1.21. The van der Waals surface area contributed by atoms with Crippen LogP contribution in [0.5, 0.6) is 0 Å². The lowest BCUT2D eigenvalue weighted by molar-refractivity contribution is -0.340. The van der Waals surface area contributed by atoms with Gasteiger partial charge in [0.2, 0.25) is 5.91 Å². The Morgan fingerprint density at radius 3 is 2.39 bits per heavy atom. The molecule has 3 aliphatic rings. The van der Waals surface area contributed by atoms with Crippen LogP contribution in [0, 0.1) is 0 Å². The fourth-order valence-electron chi connectivity index (χ4n) is 5.01. The average molecular weight is 621 g/mol. The highest BCUT2D eigenvalue weighted by Gasteiger charge is 2.50. The maximum absolute atomic E-state index is 12.4. The Morgan fingerprint density at radius 2 is 1.68 bits per heavy atom. The fourth-order valence-corrected chi connectivity index (χ4v) is 8.03. The Balaban J connectivity index is 1.30. The van der Waals surface area contributed by atoms with E-state index in [2.05, 4.69) is 10.6 Å². The van der Waals surface area contributed by atoms with Gasteiger partial charge in [0, 0.05) is 28.8 Å². The van der Waals surface area contributed by atoms with Crippen molar-refractivity contribution in [2.45, 2.75) is 98.7 Å². The van der Waals surface area contributed by atoms with Crippen LogP contribution in [0.4, 0.5) is 11.4 Å². The molecule has 3 saturated heterocycles. The van der Waals surface area contributed by atoms with Crippen molar-refractivity contribution >= 4 is 38.9 Å². The standard InChI is InChI=1S/C26H40N2O11S2/c29-11-16-19(32)20(33)23(36)26(38-16)39-24-17(12-30)37-25(22(35)21(24)34)28-14-5-3-4-13(10-14)27-18(31)7-2-1-6-15-8-9-40-41-15/h3-5,10,15-17,19-26,28-30,32-36H,1-2,6-9,11-12H2,(H,27,31)/t15?,16-,17-,19+,20+,21-,22-,23-,24-,25-,26+/m1/s1. The van der Waals surface area contributed by atoms with Gasteiger partial charge in [-0.2, -0.15) is 0 Å². The van der Waals surface area contributed by atoms with E-state index >= 15 is 0 Å². The molecule has 1 aromatic rings. The SMILES string of the molecule is O=C(CCCCC1CCSS1)Nc1cccc(N[C@@H]2O[C@H](CO)[C@@H](O[C@@H]3O[C@H](CO)[C@H](O)[C@H](O)[C@H]3O)[C@H](O)[C@H]2O)c1. The Kier molecular flexibility index (Phi) is 12.4. The van der Waals surface area contributed by atoms with Gasteiger partial charge in [-0.3, -0.25) is 4.79 Å². The molecule has 0 spiro atoms. The number of aliphatic hydroxyl groups excluding tert-OH is 7. The van der Waals surface area contributed by atoms with Crippen molar-refractivity contribution in [3.63, 3.8) is 0 Å². The van der Waals surface area contributed by atoms with Crippen LogP contribution >= 0.6 is 21.6 Å². The molecule has 1 amide bonds. The molecule has 0 saturated carbocycles. The van der Waals surface area contributed by atoms with Gasteiger partial charge in [-0.25, -0.2) is 0 Å². The third-order valence-corrected chi connectivity index (χ3v) is 10.4. The summed E-state index contributed by atoms with van der Waals surface area (Å²) in [7, 11) is 3.84. The lowest BCUT2D eigenvalue weighted by atomic mass is 9.96. The van der Waals surface area contributed by atoms with Crippen LogP contribution in [0.2, 0.25) is 0 Å². The van der Waals surface area contributed by atoms with Crippen LogP contribution in [-0.2, 0) is 19.0 Å². The van der Waals surface area contributed by atoms with Crippen molar-refractivity contribution in [1.29, 1.82) is 0 Å². The summed E-state index contributed by atoms with van der Waals surface area (Å²) in [6.45, 7) is -1.32. The van der Waals surface area contributed by atoms with E-state index in [1.807, 2.05) is 21.6 Å². The maximum Gasteiger partial charge on any atom is 0.224 e. The monoisotopic (exact) mass is 620 g/mol. The van der Waals surface area contributed by atoms with Crippen LogP contribution in [0.3, 0.4) is 0 Å². The van der Waals surface area contributed by atoms with Crippen molar-refractivity contribution < 1.29 is 54.8 Å². The number of ether oxygens (including phenoxy) is 3.